The number of rotatable bonds is 5. The molecule has 1 amide bonds. The van der Waals surface area contributed by atoms with Gasteiger partial charge in [0.05, 0.1) is 29.4 Å². The Hall–Kier alpha value is -2.21. The second-order valence-corrected chi connectivity index (χ2v) is 10.8. The van der Waals surface area contributed by atoms with Gasteiger partial charge in [0.2, 0.25) is 5.91 Å². The Balaban J connectivity index is 1.32. The summed E-state index contributed by atoms with van der Waals surface area (Å²) in [6.45, 7) is 1.42. The smallest absolute Gasteiger partial charge is 0.261 e. The average molecular weight is 452 g/mol. The van der Waals surface area contributed by atoms with E-state index in [1.54, 1.807) is 17.0 Å². The fraction of sp³-hybridized carbons (Fsp3) is 0.667. The summed E-state index contributed by atoms with van der Waals surface area (Å²) in [6.07, 6.45) is 14.2. The van der Waals surface area contributed by atoms with Gasteiger partial charge < -0.3 is 10.0 Å². The molecule has 2 heterocycles. The second kappa shape index (κ2) is 9.21. The number of likely N-dealkylation sites (tertiary alicyclic amines) is 1. The van der Waals surface area contributed by atoms with Crippen LogP contribution in [0.2, 0.25) is 0 Å². The Morgan fingerprint density at radius 3 is 2.61 bits per heavy atom. The van der Waals surface area contributed by atoms with E-state index in [4.69, 9.17) is 0 Å². The number of carbonyl (C=O) groups is 1. The van der Waals surface area contributed by atoms with E-state index in [0.717, 1.165) is 32.1 Å². The Bertz CT molecular complexity index is 1050. The third-order valence-electron chi connectivity index (χ3n) is 8.84. The minimum atomic E-state index is -1.00. The minimum Gasteiger partial charge on any atom is -0.387 e. The number of para-hydroxylation sites is 1. The van der Waals surface area contributed by atoms with Gasteiger partial charge in [-0.15, -0.1) is 0 Å². The maximum absolute atomic E-state index is 13.1. The lowest BCUT2D eigenvalue weighted by atomic mass is 9.65. The fourth-order valence-corrected chi connectivity index (χ4v) is 6.77. The van der Waals surface area contributed by atoms with Gasteiger partial charge in [-0.05, 0) is 43.7 Å². The van der Waals surface area contributed by atoms with Gasteiger partial charge in [-0.2, -0.15) is 0 Å². The lowest BCUT2D eigenvalue weighted by molar-refractivity contribution is -0.160. The van der Waals surface area contributed by atoms with Gasteiger partial charge in [0.15, 0.2) is 0 Å². The molecule has 2 aromatic rings. The molecule has 3 fully saturated rings. The predicted octanol–water partition coefficient (Wildman–Crippen LogP) is 4.28. The van der Waals surface area contributed by atoms with Gasteiger partial charge in [0.25, 0.3) is 5.56 Å². The third kappa shape index (κ3) is 4.34. The number of aromatic nitrogens is 2. The molecule has 6 heteroatoms. The van der Waals surface area contributed by atoms with Crippen molar-refractivity contribution in [2.45, 2.75) is 89.2 Å². The van der Waals surface area contributed by atoms with E-state index in [0.29, 0.717) is 42.8 Å². The summed E-state index contributed by atoms with van der Waals surface area (Å²) in [5, 5.41) is 12.6. The maximum Gasteiger partial charge on any atom is 0.261 e. The van der Waals surface area contributed by atoms with Crippen molar-refractivity contribution in [1.29, 1.82) is 0 Å². The number of piperidine rings is 1. The van der Waals surface area contributed by atoms with Crippen LogP contribution < -0.4 is 5.56 Å². The summed E-state index contributed by atoms with van der Waals surface area (Å²) in [4.78, 5) is 32.7. The van der Waals surface area contributed by atoms with Crippen LogP contribution >= 0.6 is 0 Å². The lowest BCUT2D eigenvalue weighted by Gasteiger charge is -2.52. The largest absolute Gasteiger partial charge is 0.387 e. The predicted molar refractivity (Wildman–Crippen MR) is 129 cm³/mol. The monoisotopic (exact) mass is 451 g/mol. The first-order valence-corrected chi connectivity index (χ1v) is 12.9. The van der Waals surface area contributed by atoms with Crippen LogP contribution in [0.3, 0.4) is 0 Å². The van der Waals surface area contributed by atoms with Crippen molar-refractivity contribution < 1.29 is 9.90 Å². The molecule has 1 spiro atoms. The normalized spacial score (nSPS) is 25.7. The highest BCUT2D eigenvalue weighted by molar-refractivity contribution is 5.77. The van der Waals surface area contributed by atoms with E-state index in [1.807, 2.05) is 23.1 Å². The van der Waals surface area contributed by atoms with Crippen LogP contribution in [0.4, 0.5) is 0 Å². The highest BCUT2D eigenvalue weighted by atomic mass is 16.3. The molecule has 0 bridgehead atoms. The zero-order chi connectivity index (χ0) is 22.9. The molecule has 1 aromatic carbocycles. The first kappa shape index (κ1) is 22.6. The number of benzene rings is 1. The zero-order valence-corrected chi connectivity index (χ0v) is 19.7. The summed E-state index contributed by atoms with van der Waals surface area (Å²) >= 11 is 0. The molecule has 178 valence electrons. The number of carbonyl (C=O) groups excluding carboxylic acids is 1. The number of aliphatic hydroxyl groups is 1. The van der Waals surface area contributed by atoms with Crippen molar-refractivity contribution in [2.24, 2.45) is 11.3 Å². The van der Waals surface area contributed by atoms with Gasteiger partial charge in [0, 0.05) is 24.9 Å². The quantitative estimate of drug-likeness (QED) is 0.736. The van der Waals surface area contributed by atoms with E-state index in [2.05, 4.69) is 4.98 Å². The Labute approximate surface area is 196 Å². The van der Waals surface area contributed by atoms with Crippen LogP contribution in [0.25, 0.3) is 10.9 Å². The molecule has 1 atom stereocenters. The molecule has 1 saturated heterocycles. The summed E-state index contributed by atoms with van der Waals surface area (Å²) in [5.41, 5.74) is -0.762. The zero-order valence-electron chi connectivity index (χ0n) is 19.7. The molecule has 1 aliphatic heterocycles. The standard InChI is InChI=1S/C27H37N3O3/c31-24(13-12-21-8-2-1-3-9-21)29-17-16-27(33,26(18-29)14-6-7-15-26)19-30-20-28-23-11-5-4-10-22(23)25(30)32/h4-5,10-11,20-21,33H,1-3,6-9,12-19H2. The number of nitrogens with zero attached hydrogens (tertiary/aromatic N) is 3. The van der Waals surface area contributed by atoms with Gasteiger partial charge in [-0.3, -0.25) is 14.2 Å². The Kier molecular flexibility index (Phi) is 6.30. The molecule has 5 rings (SSSR count). The summed E-state index contributed by atoms with van der Waals surface area (Å²) in [5.74, 6) is 0.954. The van der Waals surface area contributed by atoms with Crippen LogP contribution in [0.5, 0.6) is 0 Å². The summed E-state index contributed by atoms with van der Waals surface area (Å²) < 4.78 is 1.59. The average Bonchev–Trinajstić information content (AvgIpc) is 3.32. The van der Waals surface area contributed by atoms with Crippen molar-refractivity contribution in [3.63, 3.8) is 0 Å². The number of hydrogen-bond acceptors (Lipinski definition) is 4. The molecule has 0 radical (unpaired) electrons. The van der Waals surface area contributed by atoms with Crippen molar-refractivity contribution in [3.8, 4) is 0 Å². The topological polar surface area (TPSA) is 75.4 Å². The highest BCUT2D eigenvalue weighted by Crippen LogP contribution is 2.51. The van der Waals surface area contributed by atoms with Crippen LogP contribution in [0.1, 0.15) is 77.0 Å². The Morgan fingerprint density at radius 1 is 1.06 bits per heavy atom. The van der Waals surface area contributed by atoms with E-state index < -0.39 is 5.60 Å². The van der Waals surface area contributed by atoms with Crippen molar-refractivity contribution in [3.05, 3.63) is 40.9 Å². The van der Waals surface area contributed by atoms with Crippen LogP contribution in [0, 0.1) is 11.3 Å². The molecule has 2 aliphatic carbocycles. The second-order valence-electron chi connectivity index (χ2n) is 10.8. The molecule has 3 aliphatic rings. The molecule has 1 unspecified atom stereocenters. The van der Waals surface area contributed by atoms with Crippen molar-refractivity contribution >= 4 is 16.8 Å². The first-order valence-electron chi connectivity index (χ1n) is 12.9. The van der Waals surface area contributed by atoms with Gasteiger partial charge in [0.1, 0.15) is 0 Å². The molecule has 2 saturated carbocycles. The van der Waals surface area contributed by atoms with E-state index >= 15 is 0 Å². The van der Waals surface area contributed by atoms with Gasteiger partial charge in [-0.1, -0.05) is 57.1 Å². The van der Waals surface area contributed by atoms with Crippen LogP contribution in [-0.2, 0) is 11.3 Å². The first-order chi connectivity index (χ1) is 16.0. The third-order valence-corrected chi connectivity index (χ3v) is 8.84. The maximum atomic E-state index is 13.1. The number of hydrogen-bond donors (Lipinski definition) is 1. The number of fused-ring (bicyclic) bond motifs is 1. The number of amides is 1. The lowest BCUT2D eigenvalue weighted by Crippen LogP contribution is -2.62. The molecule has 1 N–H and O–H groups in total. The Morgan fingerprint density at radius 2 is 1.82 bits per heavy atom. The molecule has 33 heavy (non-hydrogen) atoms. The highest BCUT2D eigenvalue weighted by Gasteiger charge is 2.55. The minimum absolute atomic E-state index is 0.104. The van der Waals surface area contributed by atoms with E-state index in [1.165, 1.54) is 32.1 Å². The van der Waals surface area contributed by atoms with E-state index in [9.17, 15) is 14.7 Å². The van der Waals surface area contributed by atoms with E-state index in [-0.39, 0.29) is 23.4 Å². The summed E-state index contributed by atoms with van der Waals surface area (Å²) in [7, 11) is 0. The fourth-order valence-electron chi connectivity index (χ4n) is 6.77. The van der Waals surface area contributed by atoms with Gasteiger partial charge >= 0.3 is 0 Å². The molecule has 6 nitrogen and oxygen atoms in total. The van der Waals surface area contributed by atoms with Crippen molar-refractivity contribution in [1.82, 2.24) is 14.5 Å². The molecule has 1 aromatic heterocycles. The molecular formula is C27H37N3O3. The van der Waals surface area contributed by atoms with Crippen molar-refractivity contribution in [2.75, 3.05) is 13.1 Å². The van der Waals surface area contributed by atoms with Crippen LogP contribution in [-0.4, -0.2) is 44.2 Å². The summed E-state index contributed by atoms with van der Waals surface area (Å²) in [6, 6.07) is 7.36. The van der Waals surface area contributed by atoms with Crippen LogP contribution in [0.15, 0.2) is 35.4 Å². The molecular weight excluding hydrogens is 414 g/mol. The van der Waals surface area contributed by atoms with Gasteiger partial charge in [-0.25, -0.2) is 4.98 Å². The SMILES string of the molecule is O=C(CCC1CCCCC1)N1CCC(O)(Cn2cnc3ccccc3c2=O)C2(CCCC2)C1.